The Balaban J connectivity index is 1.68. The third kappa shape index (κ3) is 4.31. The molecule has 3 heterocycles. The van der Waals surface area contributed by atoms with Crippen molar-refractivity contribution in [1.82, 2.24) is 9.80 Å². The van der Waals surface area contributed by atoms with Gasteiger partial charge in [0.25, 0.3) is 17.6 Å². The molecule has 9 heteroatoms. The van der Waals surface area contributed by atoms with Gasteiger partial charge in [0.1, 0.15) is 18.1 Å². The van der Waals surface area contributed by atoms with Gasteiger partial charge < -0.3 is 24.4 Å². The molecule has 0 radical (unpaired) electrons. The molecule has 40 heavy (non-hydrogen) atoms. The quantitative estimate of drug-likeness (QED) is 0.225. The van der Waals surface area contributed by atoms with E-state index in [1.54, 1.807) is 54.6 Å². The van der Waals surface area contributed by atoms with Gasteiger partial charge in [-0.2, -0.15) is 0 Å². The maximum Gasteiger partial charge on any atom is 0.296 e. The normalized spacial score (nSPS) is 22.2. The fourth-order valence-corrected chi connectivity index (χ4v) is 5.79. The van der Waals surface area contributed by atoms with Crippen LogP contribution < -0.4 is 9.64 Å². The second-order valence-corrected chi connectivity index (χ2v) is 9.98. The highest BCUT2D eigenvalue weighted by atomic mass is 16.5. The molecule has 2 saturated heterocycles. The van der Waals surface area contributed by atoms with Gasteiger partial charge in [-0.15, -0.1) is 6.58 Å². The molecule has 5 rings (SSSR count). The van der Waals surface area contributed by atoms with E-state index in [4.69, 9.17) is 9.47 Å². The molecule has 0 aliphatic carbocycles. The van der Waals surface area contributed by atoms with Crippen LogP contribution in [0.25, 0.3) is 5.76 Å². The SMILES string of the molecule is C=CCOc1ccc(/C(O)=C2/C(=O)C(=O)N(CCN3CCOCC3)C23C(=O)N(CC=C)c2ccccc23)cc1C. The number of likely N-dealkylation sites (tertiary alicyclic amines) is 1. The molecule has 1 unspecified atom stereocenters. The van der Waals surface area contributed by atoms with Crippen molar-refractivity contribution in [3.05, 3.63) is 90.0 Å². The summed E-state index contributed by atoms with van der Waals surface area (Å²) in [7, 11) is 0. The van der Waals surface area contributed by atoms with Crippen molar-refractivity contribution < 1.29 is 29.0 Å². The smallest absolute Gasteiger partial charge is 0.296 e. The molecular formula is C31H33N3O6. The summed E-state index contributed by atoms with van der Waals surface area (Å²) in [5.41, 5.74) is 0.0287. The monoisotopic (exact) mass is 543 g/mol. The van der Waals surface area contributed by atoms with Crippen molar-refractivity contribution in [3.8, 4) is 5.75 Å². The van der Waals surface area contributed by atoms with Crippen LogP contribution in [0.3, 0.4) is 0 Å². The van der Waals surface area contributed by atoms with Crippen molar-refractivity contribution in [1.29, 1.82) is 0 Å². The number of carbonyl (C=O) groups excluding carboxylic acids is 3. The first kappa shape index (κ1) is 27.4. The topological polar surface area (TPSA) is 99.6 Å². The largest absolute Gasteiger partial charge is 0.507 e. The highest BCUT2D eigenvalue weighted by molar-refractivity contribution is 6.50. The number of amides is 2. The third-order valence-corrected chi connectivity index (χ3v) is 7.67. The number of rotatable bonds is 9. The van der Waals surface area contributed by atoms with E-state index in [0.717, 1.165) is 0 Å². The van der Waals surface area contributed by atoms with Crippen molar-refractivity contribution in [2.24, 2.45) is 0 Å². The number of para-hydroxylation sites is 1. The molecule has 2 aromatic carbocycles. The van der Waals surface area contributed by atoms with E-state index in [0.29, 0.717) is 67.6 Å². The van der Waals surface area contributed by atoms with E-state index in [1.807, 2.05) is 6.92 Å². The molecule has 1 atom stereocenters. The molecule has 1 spiro atoms. The number of nitrogens with zero attached hydrogens (tertiary/aromatic N) is 3. The van der Waals surface area contributed by atoms with E-state index < -0.39 is 28.9 Å². The predicted molar refractivity (Wildman–Crippen MR) is 151 cm³/mol. The number of benzene rings is 2. The lowest BCUT2D eigenvalue weighted by molar-refractivity contribution is -0.144. The summed E-state index contributed by atoms with van der Waals surface area (Å²) in [5, 5.41) is 11.7. The van der Waals surface area contributed by atoms with Crippen molar-refractivity contribution in [2.75, 3.05) is 57.4 Å². The number of aliphatic hydroxyl groups is 1. The number of anilines is 1. The number of fused-ring (bicyclic) bond motifs is 2. The average molecular weight is 544 g/mol. The Hall–Kier alpha value is -4.21. The minimum absolute atomic E-state index is 0.122. The summed E-state index contributed by atoms with van der Waals surface area (Å²) < 4.78 is 11.1. The Kier molecular flexibility index (Phi) is 7.60. The second-order valence-electron chi connectivity index (χ2n) is 9.98. The van der Waals surface area contributed by atoms with Gasteiger partial charge in [0, 0.05) is 43.9 Å². The Morgan fingerprint density at radius 3 is 2.52 bits per heavy atom. The summed E-state index contributed by atoms with van der Waals surface area (Å²) in [6, 6.07) is 12.1. The van der Waals surface area contributed by atoms with E-state index in [1.165, 1.54) is 9.80 Å². The lowest BCUT2D eigenvalue weighted by Gasteiger charge is -2.36. The van der Waals surface area contributed by atoms with E-state index in [9.17, 15) is 19.5 Å². The minimum atomic E-state index is -1.81. The molecular weight excluding hydrogens is 510 g/mol. The van der Waals surface area contributed by atoms with Gasteiger partial charge in [-0.1, -0.05) is 36.9 Å². The molecule has 0 saturated carbocycles. The number of carbonyl (C=O) groups is 3. The summed E-state index contributed by atoms with van der Waals surface area (Å²) in [6.07, 6.45) is 3.22. The van der Waals surface area contributed by atoms with E-state index >= 15 is 0 Å². The Bertz CT molecular complexity index is 1410. The molecule has 0 bridgehead atoms. The summed E-state index contributed by atoms with van der Waals surface area (Å²) in [4.78, 5) is 46.9. The number of Topliss-reactive ketones (excluding diaryl/α,β-unsaturated/α-hetero) is 1. The van der Waals surface area contributed by atoms with Gasteiger partial charge in [0.2, 0.25) is 0 Å². The minimum Gasteiger partial charge on any atom is -0.507 e. The van der Waals surface area contributed by atoms with Crippen LogP contribution in [0.15, 0.2) is 73.3 Å². The number of hydrogen-bond acceptors (Lipinski definition) is 7. The van der Waals surface area contributed by atoms with Crippen LogP contribution in [0.5, 0.6) is 5.75 Å². The lowest BCUT2D eigenvalue weighted by Crippen LogP contribution is -2.54. The molecule has 3 aliphatic heterocycles. The summed E-state index contributed by atoms with van der Waals surface area (Å²) in [6.45, 7) is 12.8. The van der Waals surface area contributed by atoms with Crippen LogP contribution >= 0.6 is 0 Å². The molecule has 0 aromatic heterocycles. The number of ketones is 1. The van der Waals surface area contributed by atoms with Crippen LogP contribution in [-0.2, 0) is 24.7 Å². The fourth-order valence-electron chi connectivity index (χ4n) is 5.79. The van der Waals surface area contributed by atoms with Gasteiger partial charge >= 0.3 is 0 Å². The highest BCUT2D eigenvalue weighted by Gasteiger charge is 2.66. The maximum atomic E-state index is 14.4. The first-order chi connectivity index (χ1) is 19.4. The zero-order valence-corrected chi connectivity index (χ0v) is 22.6. The highest BCUT2D eigenvalue weighted by Crippen LogP contribution is 2.53. The molecule has 9 nitrogen and oxygen atoms in total. The van der Waals surface area contributed by atoms with Crippen LogP contribution in [0.2, 0.25) is 0 Å². The standard InChI is InChI=1S/C31H33N3O6/c1-4-12-33-24-9-7-6-8-23(24)31(30(33)38)26(27(35)22-10-11-25(21(3)20-22)40-17-5-2)28(36)29(37)34(31)14-13-32-15-18-39-19-16-32/h4-11,20,35H,1-2,12-19H2,3H3/b27-26+. The molecule has 2 amide bonds. The van der Waals surface area contributed by atoms with Crippen molar-refractivity contribution >= 4 is 29.0 Å². The molecule has 2 aromatic rings. The van der Waals surface area contributed by atoms with Gasteiger partial charge in [-0.25, -0.2) is 0 Å². The third-order valence-electron chi connectivity index (χ3n) is 7.67. The van der Waals surface area contributed by atoms with Crippen LogP contribution in [0.4, 0.5) is 5.69 Å². The van der Waals surface area contributed by atoms with Gasteiger partial charge in [-0.3, -0.25) is 19.3 Å². The van der Waals surface area contributed by atoms with Gasteiger partial charge in [-0.05, 0) is 36.8 Å². The van der Waals surface area contributed by atoms with E-state index in [-0.39, 0.29) is 18.7 Å². The Labute approximate surface area is 233 Å². The number of aliphatic hydroxyl groups excluding tert-OH is 1. The van der Waals surface area contributed by atoms with Gasteiger partial charge in [0.05, 0.1) is 24.5 Å². The zero-order valence-electron chi connectivity index (χ0n) is 22.6. The maximum absolute atomic E-state index is 14.4. The number of ether oxygens (including phenoxy) is 2. The van der Waals surface area contributed by atoms with Crippen LogP contribution in [0, 0.1) is 6.92 Å². The predicted octanol–water partition coefficient (Wildman–Crippen LogP) is 3.00. The Morgan fingerprint density at radius 1 is 1.07 bits per heavy atom. The molecule has 3 aliphatic rings. The van der Waals surface area contributed by atoms with Gasteiger partial charge in [0.15, 0.2) is 5.54 Å². The van der Waals surface area contributed by atoms with E-state index in [2.05, 4.69) is 18.1 Å². The van der Waals surface area contributed by atoms with Crippen molar-refractivity contribution in [3.63, 3.8) is 0 Å². The van der Waals surface area contributed by atoms with Crippen LogP contribution in [-0.4, -0.2) is 85.0 Å². The molecule has 208 valence electrons. The number of aryl methyl sites for hydroxylation is 1. The Morgan fingerprint density at radius 2 is 1.82 bits per heavy atom. The lowest BCUT2D eigenvalue weighted by atomic mass is 9.81. The number of hydrogen-bond donors (Lipinski definition) is 1. The fraction of sp³-hybridized carbons (Fsp3) is 0.323. The molecule has 2 fully saturated rings. The summed E-state index contributed by atoms with van der Waals surface area (Å²) in [5.74, 6) is -2.00. The second kappa shape index (κ2) is 11.1. The first-order valence-corrected chi connectivity index (χ1v) is 13.3. The van der Waals surface area contributed by atoms with Crippen molar-refractivity contribution in [2.45, 2.75) is 12.5 Å². The summed E-state index contributed by atoms with van der Waals surface area (Å²) >= 11 is 0. The average Bonchev–Trinajstić information content (AvgIpc) is 3.34. The number of morpholine rings is 1. The molecule has 1 N–H and O–H groups in total. The first-order valence-electron chi connectivity index (χ1n) is 13.3. The zero-order chi connectivity index (χ0) is 28.4. The van der Waals surface area contributed by atoms with Crippen LogP contribution in [0.1, 0.15) is 16.7 Å².